The van der Waals surface area contributed by atoms with Crippen LogP contribution in [0.2, 0.25) is 0 Å². The molecule has 0 spiro atoms. The lowest BCUT2D eigenvalue weighted by atomic mass is 10.8. The van der Waals surface area contributed by atoms with Gasteiger partial charge in [0.05, 0.1) is 6.61 Å². The van der Waals surface area contributed by atoms with Crippen LogP contribution in [-0.4, -0.2) is 21.2 Å². The molecule has 0 aromatic heterocycles. The Morgan fingerprint density at radius 1 is 1.50 bits per heavy atom. The van der Waals surface area contributed by atoms with Crippen LogP contribution < -0.4 is 0 Å². The van der Waals surface area contributed by atoms with E-state index in [0.29, 0.717) is 6.54 Å². The monoisotopic (exact) mass is 217 g/mol. The summed E-state index contributed by atoms with van der Waals surface area (Å²) in [4.78, 5) is 0. The van der Waals surface area contributed by atoms with Gasteiger partial charge in [0.1, 0.15) is 0 Å². The van der Waals surface area contributed by atoms with Crippen LogP contribution in [0, 0.1) is 0 Å². The number of hydrogen-bond acceptors (Lipinski definition) is 2. The molecular formula is C2H5Br2NO. The Bertz CT molecular complexity index is 32.7. The van der Waals surface area contributed by atoms with Crippen molar-refractivity contribution in [1.29, 1.82) is 0 Å². The second-order valence-electron chi connectivity index (χ2n) is 0.750. The van der Waals surface area contributed by atoms with Crippen LogP contribution in [0.5, 0.6) is 0 Å². The van der Waals surface area contributed by atoms with E-state index in [4.69, 9.17) is 5.11 Å². The third kappa shape index (κ3) is 4.88. The van der Waals surface area contributed by atoms with Gasteiger partial charge in [0.2, 0.25) is 0 Å². The van der Waals surface area contributed by atoms with E-state index in [1.165, 1.54) is 0 Å². The van der Waals surface area contributed by atoms with E-state index in [-0.39, 0.29) is 6.61 Å². The van der Waals surface area contributed by atoms with Crippen LogP contribution in [0.3, 0.4) is 0 Å². The van der Waals surface area contributed by atoms with E-state index >= 15 is 0 Å². The Morgan fingerprint density at radius 3 is 2.00 bits per heavy atom. The SMILES string of the molecule is OCCN(Br)Br. The lowest BCUT2D eigenvalue weighted by molar-refractivity contribution is 0.291. The quantitative estimate of drug-likeness (QED) is 0.697. The van der Waals surface area contributed by atoms with Gasteiger partial charge < -0.3 is 5.11 Å². The molecule has 0 fully saturated rings. The third-order valence-electron chi connectivity index (χ3n) is 0.269. The van der Waals surface area contributed by atoms with Crippen LogP contribution >= 0.6 is 32.3 Å². The molecule has 0 aliphatic rings. The Labute approximate surface area is 53.8 Å². The van der Waals surface area contributed by atoms with E-state index in [0.717, 1.165) is 0 Å². The van der Waals surface area contributed by atoms with Crippen molar-refractivity contribution in [2.45, 2.75) is 0 Å². The minimum Gasteiger partial charge on any atom is -0.395 e. The average Bonchev–Trinajstić information content (AvgIpc) is 1.35. The number of halogens is 2. The van der Waals surface area contributed by atoms with Crippen LogP contribution in [0.1, 0.15) is 0 Å². The van der Waals surface area contributed by atoms with Gasteiger partial charge in [-0.2, -0.15) is 2.95 Å². The van der Waals surface area contributed by atoms with E-state index in [9.17, 15) is 0 Å². The second-order valence-corrected chi connectivity index (χ2v) is 3.41. The normalized spacial score (nSPS) is 10.0. The molecular weight excluding hydrogens is 214 g/mol. The molecule has 0 unspecified atom stereocenters. The minimum atomic E-state index is 0.163. The molecule has 0 saturated heterocycles. The van der Waals surface area contributed by atoms with Crippen molar-refractivity contribution in [3.8, 4) is 0 Å². The van der Waals surface area contributed by atoms with Gasteiger partial charge in [0.15, 0.2) is 0 Å². The lowest BCUT2D eigenvalue weighted by Crippen LogP contribution is -2.02. The van der Waals surface area contributed by atoms with Crippen molar-refractivity contribution in [1.82, 2.24) is 2.95 Å². The summed E-state index contributed by atoms with van der Waals surface area (Å²) in [5, 5.41) is 8.14. The predicted molar refractivity (Wildman–Crippen MR) is 31.6 cm³/mol. The van der Waals surface area contributed by atoms with Crippen molar-refractivity contribution >= 4 is 32.3 Å². The molecule has 0 aromatic rings. The molecule has 0 heterocycles. The summed E-state index contributed by atoms with van der Waals surface area (Å²) >= 11 is 6.05. The van der Waals surface area contributed by atoms with E-state index in [1.807, 2.05) is 0 Å². The van der Waals surface area contributed by atoms with Gasteiger partial charge in [-0.25, -0.2) is 0 Å². The maximum Gasteiger partial charge on any atom is 0.0577 e. The molecule has 0 aliphatic heterocycles. The number of hydrogen-bond donors (Lipinski definition) is 1. The van der Waals surface area contributed by atoms with E-state index < -0.39 is 0 Å². The molecule has 0 atom stereocenters. The Balaban J connectivity index is 2.63. The van der Waals surface area contributed by atoms with Gasteiger partial charge >= 0.3 is 0 Å². The first kappa shape index (κ1) is 6.88. The number of rotatable bonds is 2. The Kier molecular flexibility index (Phi) is 4.64. The smallest absolute Gasteiger partial charge is 0.0577 e. The average molecular weight is 219 g/mol. The van der Waals surface area contributed by atoms with Crippen molar-refractivity contribution < 1.29 is 5.11 Å². The molecule has 4 heteroatoms. The zero-order chi connectivity index (χ0) is 4.99. The Hall–Kier alpha value is 0.880. The molecule has 0 amide bonds. The first-order valence-corrected chi connectivity index (χ1v) is 2.89. The van der Waals surface area contributed by atoms with Gasteiger partial charge in [0.25, 0.3) is 0 Å². The highest BCUT2D eigenvalue weighted by molar-refractivity contribution is 9.21. The summed E-state index contributed by atoms with van der Waals surface area (Å²) in [6.07, 6.45) is 0. The summed E-state index contributed by atoms with van der Waals surface area (Å²) in [6, 6.07) is 0. The highest BCUT2D eigenvalue weighted by Crippen LogP contribution is 2.01. The zero-order valence-electron chi connectivity index (χ0n) is 3.06. The fourth-order valence-corrected chi connectivity index (χ4v) is 0.393. The maximum atomic E-state index is 8.14. The van der Waals surface area contributed by atoms with Gasteiger partial charge in [-0.15, -0.1) is 0 Å². The number of aliphatic hydroxyl groups excluding tert-OH is 1. The molecule has 0 bridgehead atoms. The number of aliphatic hydroxyl groups is 1. The highest BCUT2D eigenvalue weighted by atomic mass is 79.9. The van der Waals surface area contributed by atoms with Crippen LogP contribution in [0.25, 0.3) is 0 Å². The van der Waals surface area contributed by atoms with Crippen LogP contribution in [0.15, 0.2) is 0 Å². The number of nitrogens with zero attached hydrogens (tertiary/aromatic N) is 1. The first-order valence-electron chi connectivity index (χ1n) is 1.47. The third-order valence-corrected chi connectivity index (χ3v) is 0.978. The van der Waals surface area contributed by atoms with Gasteiger partial charge in [-0.3, -0.25) is 0 Å². The van der Waals surface area contributed by atoms with Crippen molar-refractivity contribution in [2.75, 3.05) is 13.2 Å². The van der Waals surface area contributed by atoms with Crippen molar-refractivity contribution in [2.24, 2.45) is 0 Å². The van der Waals surface area contributed by atoms with Gasteiger partial charge in [-0.1, -0.05) is 0 Å². The fourth-order valence-electron chi connectivity index (χ4n) is 0.0756. The summed E-state index contributed by atoms with van der Waals surface area (Å²) in [5.74, 6) is 0. The Morgan fingerprint density at radius 2 is 2.00 bits per heavy atom. The molecule has 38 valence electrons. The van der Waals surface area contributed by atoms with E-state index in [2.05, 4.69) is 32.3 Å². The van der Waals surface area contributed by atoms with Crippen molar-refractivity contribution in [3.63, 3.8) is 0 Å². The molecule has 6 heavy (non-hydrogen) atoms. The minimum absolute atomic E-state index is 0.163. The van der Waals surface area contributed by atoms with Gasteiger partial charge in [0, 0.05) is 38.8 Å². The van der Waals surface area contributed by atoms with E-state index in [1.54, 1.807) is 2.95 Å². The highest BCUT2D eigenvalue weighted by Gasteiger charge is 1.86. The molecule has 0 aromatic carbocycles. The lowest BCUT2D eigenvalue weighted by Gasteiger charge is -1.96. The molecule has 2 nitrogen and oxygen atoms in total. The zero-order valence-corrected chi connectivity index (χ0v) is 6.24. The summed E-state index contributed by atoms with van der Waals surface area (Å²) < 4.78 is 1.56. The maximum absolute atomic E-state index is 8.14. The largest absolute Gasteiger partial charge is 0.395 e. The van der Waals surface area contributed by atoms with Crippen LogP contribution in [0.4, 0.5) is 0 Å². The summed E-state index contributed by atoms with van der Waals surface area (Å²) in [6.45, 7) is 0.760. The summed E-state index contributed by atoms with van der Waals surface area (Å²) in [7, 11) is 0. The molecule has 0 rings (SSSR count). The topological polar surface area (TPSA) is 23.5 Å². The summed E-state index contributed by atoms with van der Waals surface area (Å²) in [5.41, 5.74) is 0. The molecule has 1 N–H and O–H groups in total. The van der Waals surface area contributed by atoms with Crippen molar-refractivity contribution in [3.05, 3.63) is 0 Å². The molecule has 0 aliphatic carbocycles. The predicted octanol–water partition coefficient (Wildman–Crippen LogP) is 0.900. The van der Waals surface area contributed by atoms with Crippen LogP contribution in [-0.2, 0) is 0 Å². The van der Waals surface area contributed by atoms with Gasteiger partial charge in [-0.05, 0) is 0 Å². The first-order chi connectivity index (χ1) is 2.77. The molecule has 0 radical (unpaired) electrons. The standard InChI is InChI=1S/C2H5Br2NO/c3-5(4)1-2-6/h6H,1-2H2. The second kappa shape index (κ2) is 4.05. The molecule has 0 saturated carbocycles. The fraction of sp³-hybridized carbons (Fsp3) is 1.00.